The van der Waals surface area contributed by atoms with Crippen LogP contribution in [-0.4, -0.2) is 21.0 Å². The van der Waals surface area contributed by atoms with E-state index in [9.17, 15) is 13.2 Å². The molecule has 2 heterocycles. The van der Waals surface area contributed by atoms with Crippen LogP contribution in [0, 0.1) is 22.7 Å². The third-order valence-electron chi connectivity index (χ3n) is 3.21. The monoisotopic (exact) mass is 359 g/mol. The summed E-state index contributed by atoms with van der Waals surface area (Å²) in [6.07, 6.45) is -3.60. The van der Waals surface area contributed by atoms with E-state index in [1.54, 1.807) is 6.07 Å². The molecular formula is C15H8F3N7O. The van der Waals surface area contributed by atoms with Crippen molar-refractivity contribution in [3.05, 3.63) is 41.7 Å². The van der Waals surface area contributed by atoms with Gasteiger partial charge in [0.05, 0.1) is 17.4 Å². The van der Waals surface area contributed by atoms with Crippen LogP contribution in [0.5, 0.6) is 5.75 Å². The minimum absolute atomic E-state index is 0.155. The first-order valence-corrected chi connectivity index (χ1v) is 6.92. The molecule has 3 N–H and O–H groups in total. The standard InChI is InChI=1S/C15H8F3N7O/c16-15(17,18)26-12-2-1-9(3-8(12)5-19)23-13-4-11(21)14-22-7-10(6-20)25(14)24-13/h1-4,7H,21H2,(H,23,24). The van der Waals surface area contributed by atoms with Crippen LogP contribution in [0.4, 0.5) is 30.4 Å². The molecule has 8 nitrogen and oxygen atoms in total. The van der Waals surface area contributed by atoms with E-state index < -0.39 is 12.1 Å². The van der Waals surface area contributed by atoms with Crippen LogP contribution >= 0.6 is 0 Å². The minimum atomic E-state index is -4.91. The SMILES string of the molecule is N#Cc1cc(Nc2cc(N)c3ncc(C#N)n3n2)ccc1OC(F)(F)F. The summed E-state index contributed by atoms with van der Waals surface area (Å²) in [5.74, 6) is -0.410. The van der Waals surface area contributed by atoms with Crippen molar-refractivity contribution in [2.45, 2.75) is 6.36 Å². The Hall–Kier alpha value is -3.99. The lowest BCUT2D eigenvalue weighted by Crippen LogP contribution is -2.17. The van der Waals surface area contributed by atoms with E-state index in [4.69, 9.17) is 16.3 Å². The lowest BCUT2D eigenvalue weighted by atomic mass is 10.2. The number of nitrogens with one attached hydrogen (secondary N) is 1. The third kappa shape index (κ3) is 3.27. The zero-order valence-corrected chi connectivity index (χ0v) is 12.7. The van der Waals surface area contributed by atoms with E-state index >= 15 is 0 Å². The topological polar surface area (TPSA) is 125 Å². The lowest BCUT2D eigenvalue weighted by molar-refractivity contribution is -0.274. The molecule has 0 aliphatic rings. The Morgan fingerprint density at radius 3 is 2.62 bits per heavy atom. The number of fused-ring (bicyclic) bond motifs is 1. The van der Waals surface area contributed by atoms with Crippen molar-refractivity contribution in [3.8, 4) is 17.9 Å². The molecule has 0 atom stereocenters. The number of aromatic nitrogens is 3. The number of hydrogen-bond acceptors (Lipinski definition) is 7. The van der Waals surface area contributed by atoms with Crippen LogP contribution in [0.15, 0.2) is 30.5 Å². The summed E-state index contributed by atoms with van der Waals surface area (Å²) < 4.78 is 42.0. The fourth-order valence-corrected chi connectivity index (χ4v) is 2.19. The van der Waals surface area contributed by atoms with E-state index in [2.05, 4.69) is 20.1 Å². The number of anilines is 3. The van der Waals surface area contributed by atoms with Crippen LogP contribution in [0.25, 0.3) is 5.65 Å². The highest BCUT2D eigenvalue weighted by Gasteiger charge is 2.32. The Morgan fingerprint density at radius 2 is 1.96 bits per heavy atom. The molecule has 0 saturated heterocycles. The first-order chi connectivity index (χ1) is 12.3. The fraction of sp³-hybridized carbons (Fsp3) is 0.0667. The number of nitrogen functional groups attached to an aromatic ring is 1. The van der Waals surface area contributed by atoms with Crippen LogP contribution in [-0.2, 0) is 0 Å². The number of imidazole rings is 1. The van der Waals surface area contributed by atoms with Crippen molar-refractivity contribution in [1.82, 2.24) is 14.6 Å². The quantitative estimate of drug-likeness (QED) is 0.736. The normalized spacial score (nSPS) is 11.0. The Morgan fingerprint density at radius 1 is 1.19 bits per heavy atom. The van der Waals surface area contributed by atoms with Crippen molar-refractivity contribution in [2.75, 3.05) is 11.1 Å². The van der Waals surface area contributed by atoms with Crippen molar-refractivity contribution < 1.29 is 17.9 Å². The van der Waals surface area contributed by atoms with Crippen molar-refractivity contribution >= 4 is 22.8 Å². The second-order valence-electron chi connectivity index (χ2n) is 4.97. The van der Waals surface area contributed by atoms with Crippen LogP contribution in [0.1, 0.15) is 11.3 Å². The Bertz CT molecular complexity index is 1080. The number of ether oxygens (including phenoxy) is 1. The van der Waals surface area contributed by atoms with E-state index in [0.717, 1.165) is 6.07 Å². The van der Waals surface area contributed by atoms with E-state index in [1.807, 2.05) is 6.07 Å². The molecule has 0 bridgehead atoms. The Balaban J connectivity index is 1.95. The summed E-state index contributed by atoms with van der Waals surface area (Å²) in [5, 5.41) is 25.0. The van der Waals surface area contributed by atoms with Gasteiger partial charge in [0.25, 0.3) is 0 Å². The molecule has 0 spiro atoms. The number of nitrogens with two attached hydrogens (primary N) is 1. The van der Waals surface area contributed by atoms with Crippen molar-refractivity contribution in [1.29, 1.82) is 10.5 Å². The zero-order valence-electron chi connectivity index (χ0n) is 12.7. The average Bonchev–Trinajstić information content (AvgIpc) is 2.98. The molecule has 0 amide bonds. The number of nitrogens with zero attached hydrogens (tertiary/aromatic N) is 5. The number of benzene rings is 1. The van der Waals surface area contributed by atoms with Gasteiger partial charge in [0, 0.05) is 11.8 Å². The molecular weight excluding hydrogens is 351 g/mol. The summed E-state index contributed by atoms with van der Waals surface area (Å²) in [6, 6.07) is 8.43. The summed E-state index contributed by atoms with van der Waals surface area (Å²) in [4.78, 5) is 3.97. The van der Waals surface area contributed by atoms with Gasteiger partial charge in [0.15, 0.2) is 17.2 Å². The van der Waals surface area contributed by atoms with Crippen LogP contribution < -0.4 is 15.8 Å². The van der Waals surface area contributed by atoms with E-state index in [-0.39, 0.29) is 28.5 Å². The number of hydrogen-bond donors (Lipinski definition) is 2. The lowest BCUT2D eigenvalue weighted by Gasteiger charge is -2.12. The molecule has 0 saturated carbocycles. The molecule has 0 radical (unpaired) electrons. The van der Waals surface area contributed by atoms with Crippen LogP contribution in [0.2, 0.25) is 0 Å². The third-order valence-corrected chi connectivity index (χ3v) is 3.21. The molecule has 2 aromatic heterocycles. The largest absolute Gasteiger partial charge is 0.573 e. The molecule has 0 aliphatic carbocycles. The number of nitriles is 2. The van der Waals surface area contributed by atoms with Gasteiger partial charge >= 0.3 is 6.36 Å². The highest BCUT2D eigenvalue weighted by Crippen LogP contribution is 2.29. The van der Waals surface area contributed by atoms with Crippen LogP contribution in [0.3, 0.4) is 0 Å². The summed E-state index contributed by atoms with van der Waals surface area (Å²) in [6.45, 7) is 0. The highest BCUT2D eigenvalue weighted by molar-refractivity contribution is 5.71. The summed E-state index contributed by atoms with van der Waals surface area (Å²) >= 11 is 0. The first-order valence-electron chi connectivity index (χ1n) is 6.92. The van der Waals surface area contributed by atoms with Gasteiger partial charge in [-0.1, -0.05) is 0 Å². The second-order valence-corrected chi connectivity index (χ2v) is 4.97. The van der Waals surface area contributed by atoms with Gasteiger partial charge in [0.1, 0.15) is 17.9 Å². The maximum absolute atomic E-state index is 12.3. The van der Waals surface area contributed by atoms with Gasteiger partial charge < -0.3 is 15.8 Å². The minimum Gasteiger partial charge on any atom is -0.404 e. The summed E-state index contributed by atoms with van der Waals surface area (Å²) in [7, 11) is 0. The molecule has 26 heavy (non-hydrogen) atoms. The molecule has 1 aromatic carbocycles. The predicted molar refractivity (Wildman–Crippen MR) is 83.2 cm³/mol. The average molecular weight is 359 g/mol. The van der Waals surface area contributed by atoms with E-state index in [0.29, 0.717) is 5.65 Å². The van der Waals surface area contributed by atoms with Gasteiger partial charge in [-0.05, 0) is 18.2 Å². The molecule has 130 valence electrons. The van der Waals surface area contributed by atoms with Crippen molar-refractivity contribution in [2.24, 2.45) is 0 Å². The molecule has 0 aliphatic heterocycles. The molecule has 0 unspecified atom stereocenters. The van der Waals surface area contributed by atoms with Crippen molar-refractivity contribution in [3.63, 3.8) is 0 Å². The molecule has 0 fully saturated rings. The molecule has 3 rings (SSSR count). The maximum Gasteiger partial charge on any atom is 0.573 e. The molecule has 3 aromatic rings. The van der Waals surface area contributed by atoms with Gasteiger partial charge in [-0.25, -0.2) is 4.98 Å². The van der Waals surface area contributed by atoms with Gasteiger partial charge in [-0.2, -0.15) is 15.0 Å². The Labute approximate surface area is 143 Å². The van der Waals surface area contributed by atoms with E-state index in [1.165, 1.54) is 28.9 Å². The zero-order chi connectivity index (χ0) is 18.9. The number of halogens is 3. The smallest absolute Gasteiger partial charge is 0.404 e. The van der Waals surface area contributed by atoms with Gasteiger partial charge in [-0.3, -0.25) is 0 Å². The van der Waals surface area contributed by atoms with Gasteiger partial charge in [0.2, 0.25) is 0 Å². The Kier molecular flexibility index (Phi) is 3.98. The van der Waals surface area contributed by atoms with Gasteiger partial charge in [-0.15, -0.1) is 18.3 Å². The predicted octanol–water partition coefficient (Wildman–Crippen LogP) is 2.70. The number of alkyl halides is 3. The fourth-order valence-electron chi connectivity index (χ4n) is 2.19. The molecule has 11 heteroatoms. The number of rotatable bonds is 3. The first kappa shape index (κ1) is 16.9. The second kappa shape index (κ2) is 6.14. The summed E-state index contributed by atoms with van der Waals surface area (Å²) in [5.41, 5.74) is 6.50. The maximum atomic E-state index is 12.3. The highest BCUT2D eigenvalue weighted by atomic mass is 19.4.